The summed E-state index contributed by atoms with van der Waals surface area (Å²) in [5, 5.41) is 5.37. The molecule has 0 fully saturated rings. The number of hydrogen-bond donors (Lipinski definition) is 2. The van der Waals surface area contributed by atoms with E-state index in [0.29, 0.717) is 0 Å². The van der Waals surface area contributed by atoms with Crippen molar-refractivity contribution in [2.24, 2.45) is 0 Å². The molecule has 6 aromatic carbocycles. The molecule has 0 aliphatic heterocycles. The standard InChI is InChI=1S/2C16H13.2C4H11NOSi.In.Zr/c2*1-12-10-14-8-5-9-15(16(14)11-12)13-6-3-2-4-7-13;2*1-7(2,3)4(5)6;;/h2*2-11H,1H3;2*1-3H3,(H2,5,6);;/q2*-1;;;2*+2/p-2. The van der Waals surface area contributed by atoms with Crippen LogP contribution in [-0.2, 0) is 26.2 Å². The van der Waals surface area contributed by atoms with Crippen LogP contribution in [0.2, 0.25) is 39.3 Å². The number of fused-ring (bicyclic) bond motifs is 2. The Morgan fingerprint density at radius 1 is 0.542 bits per heavy atom. The molecule has 2 amide bonds. The van der Waals surface area contributed by atoms with Crippen LogP contribution in [0.5, 0.6) is 0 Å². The molecule has 0 unspecified atom stereocenters. The smallest absolute Gasteiger partial charge is 0.165 e. The summed E-state index contributed by atoms with van der Waals surface area (Å²) >= 11 is -1.43. The molecule has 2 N–H and O–H groups in total. The van der Waals surface area contributed by atoms with Crippen LogP contribution in [0.3, 0.4) is 0 Å². The summed E-state index contributed by atoms with van der Waals surface area (Å²) in [6.45, 7) is 16.3. The summed E-state index contributed by atoms with van der Waals surface area (Å²) in [7, 11) is -3.44. The first kappa shape index (κ1) is 39.7. The second kappa shape index (κ2) is 17.8. The molecule has 0 saturated carbocycles. The van der Waals surface area contributed by atoms with Crippen molar-refractivity contribution in [3.8, 4) is 22.3 Å². The van der Waals surface area contributed by atoms with Gasteiger partial charge in [-0.3, -0.25) is 0 Å². The Hall–Kier alpha value is -2.77. The molecule has 6 aromatic rings. The van der Waals surface area contributed by atoms with Gasteiger partial charge in [0.2, 0.25) is 0 Å². The van der Waals surface area contributed by atoms with Crippen molar-refractivity contribution in [1.29, 1.82) is 0 Å². The van der Waals surface area contributed by atoms with E-state index in [2.05, 4.69) is 142 Å². The third-order valence-corrected chi connectivity index (χ3v) is 14.7. The van der Waals surface area contributed by atoms with Gasteiger partial charge in [0.1, 0.15) is 0 Å². The zero-order valence-electron chi connectivity index (χ0n) is 29.4. The van der Waals surface area contributed by atoms with Crippen LogP contribution in [0.15, 0.2) is 121 Å². The molecule has 243 valence electrons. The van der Waals surface area contributed by atoms with Crippen LogP contribution in [-0.4, -0.2) is 50.7 Å². The molecule has 6 rings (SSSR count). The second-order valence-electron chi connectivity index (χ2n) is 14.0. The zero-order valence-corrected chi connectivity index (χ0v) is 37.2. The zero-order chi connectivity index (χ0) is 34.2. The van der Waals surface area contributed by atoms with E-state index in [1.807, 2.05) is 39.3 Å². The minimum atomic E-state index is -1.72. The number of aryl methyl sites for hydroxylation is 2. The van der Waals surface area contributed by atoms with Gasteiger partial charge in [0, 0.05) is 0 Å². The van der Waals surface area contributed by atoms with Crippen molar-refractivity contribution in [3.05, 3.63) is 132 Å². The number of amides is 2. The number of rotatable bonds is 6. The summed E-state index contributed by atoms with van der Waals surface area (Å²) in [5.74, 6) is 0. The fourth-order valence-corrected chi connectivity index (χ4v) is 15.3. The Morgan fingerprint density at radius 2 is 0.896 bits per heavy atom. The van der Waals surface area contributed by atoms with Crippen molar-refractivity contribution < 1.29 is 35.8 Å². The summed E-state index contributed by atoms with van der Waals surface area (Å²) < 4.78 is 5.86. The number of carbonyl (C=O) groups is 2. The maximum atomic E-state index is 11.6. The fraction of sp³-hybridized carbons (Fsp3) is 0.200. The Morgan fingerprint density at radius 3 is 1.23 bits per heavy atom. The van der Waals surface area contributed by atoms with Gasteiger partial charge >= 0.3 is 132 Å². The van der Waals surface area contributed by atoms with Crippen molar-refractivity contribution in [3.63, 3.8) is 0 Å². The Kier molecular flexibility index (Phi) is 14.7. The Bertz CT molecular complexity index is 1800. The first-order valence-electron chi connectivity index (χ1n) is 16.1. The van der Waals surface area contributed by atoms with Crippen LogP contribution >= 0.6 is 0 Å². The monoisotopic (exact) mass is 847 g/mol. The summed E-state index contributed by atoms with van der Waals surface area (Å²) in [6.07, 6.45) is 0. The average molecular weight is 849 g/mol. The van der Waals surface area contributed by atoms with Crippen molar-refractivity contribution in [2.45, 2.75) is 53.1 Å². The molecule has 0 bridgehead atoms. The van der Waals surface area contributed by atoms with Crippen LogP contribution < -0.4 is 6.61 Å². The maximum Gasteiger partial charge on any atom is 2.00 e. The van der Waals surface area contributed by atoms with Crippen LogP contribution in [0.4, 0.5) is 9.59 Å². The molecule has 4 nitrogen and oxygen atoms in total. The molecule has 0 aliphatic rings. The molecule has 0 heterocycles. The topological polar surface area (TPSA) is 58.2 Å². The van der Waals surface area contributed by atoms with E-state index in [4.69, 9.17) is 0 Å². The first-order valence-corrected chi connectivity index (χ1v) is 26.4. The van der Waals surface area contributed by atoms with Crippen LogP contribution in [0.1, 0.15) is 11.1 Å². The minimum absolute atomic E-state index is 0. The third-order valence-electron chi connectivity index (χ3n) is 7.73. The van der Waals surface area contributed by atoms with Gasteiger partial charge in [0.25, 0.3) is 0 Å². The molecule has 0 saturated heterocycles. The third kappa shape index (κ3) is 11.1. The molecular formula is C40H46InN2O2Si2Zr. The van der Waals surface area contributed by atoms with Crippen LogP contribution in [0.25, 0.3) is 43.8 Å². The van der Waals surface area contributed by atoms with E-state index >= 15 is 0 Å². The summed E-state index contributed by atoms with van der Waals surface area (Å²) in [4.78, 5) is 23.1. The first-order chi connectivity index (χ1) is 22.2. The fourth-order valence-electron chi connectivity index (χ4n) is 5.11. The van der Waals surface area contributed by atoms with Gasteiger partial charge < -0.3 is 0 Å². The number of hydrogen-bond acceptors (Lipinski definition) is 2. The molecule has 1 radical (unpaired) electrons. The largest absolute Gasteiger partial charge is 2.00 e. The van der Waals surface area contributed by atoms with Crippen molar-refractivity contribution >= 4 is 72.2 Å². The molecular weight excluding hydrogens is 803 g/mol. The molecule has 0 spiro atoms. The van der Waals surface area contributed by atoms with Gasteiger partial charge in [0.15, 0.2) is 0 Å². The van der Waals surface area contributed by atoms with Crippen molar-refractivity contribution in [1.82, 2.24) is 6.61 Å². The van der Waals surface area contributed by atoms with E-state index in [-0.39, 0.29) is 37.3 Å². The number of carbonyl (C=O) groups excluding carboxylic acids is 2. The summed E-state index contributed by atoms with van der Waals surface area (Å²) in [5.41, 5.74) is 8.23. The quantitative estimate of drug-likeness (QED) is 0.130. The normalized spacial score (nSPS) is 10.9. The molecule has 0 aliphatic carbocycles. The van der Waals surface area contributed by atoms with Gasteiger partial charge in [-0.1, -0.05) is 97.8 Å². The van der Waals surface area contributed by atoms with Gasteiger partial charge in [-0.2, -0.15) is 12.1 Å². The average Bonchev–Trinajstić information content (AvgIpc) is 3.62. The predicted molar refractivity (Wildman–Crippen MR) is 209 cm³/mol. The van der Waals surface area contributed by atoms with Crippen LogP contribution in [0, 0.1) is 13.8 Å². The van der Waals surface area contributed by atoms with Gasteiger partial charge in [-0.05, 0) is 11.1 Å². The molecule has 48 heavy (non-hydrogen) atoms. The van der Waals surface area contributed by atoms with E-state index in [1.54, 1.807) is 0 Å². The summed E-state index contributed by atoms with van der Waals surface area (Å²) in [6, 6.07) is 43.1. The Balaban J connectivity index is 0.000000194. The SMILES string of the molecule is C[Si](C)(C)C(=O)[NH][In][NH]C(=O)[Si](C)(C)C.Cc1cc2c(-c3ccccc3)cccc2[cH-]1.Cc1cc2c(-c3ccccc3)cccc2[cH-]1.[Zr+2]. The Labute approximate surface area is 319 Å². The van der Waals surface area contributed by atoms with Gasteiger partial charge in [-0.25, -0.2) is 0 Å². The van der Waals surface area contributed by atoms with E-state index in [0.717, 1.165) is 0 Å². The van der Waals surface area contributed by atoms with Gasteiger partial charge in [-0.15, -0.1) is 69.1 Å². The van der Waals surface area contributed by atoms with E-state index < -0.39 is 39.6 Å². The maximum absolute atomic E-state index is 11.6. The predicted octanol–water partition coefficient (Wildman–Crippen LogP) is 10.8. The van der Waals surface area contributed by atoms with Crippen molar-refractivity contribution in [2.75, 3.05) is 0 Å². The molecule has 0 aromatic heterocycles. The van der Waals surface area contributed by atoms with E-state index in [9.17, 15) is 9.59 Å². The second-order valence-corrected chi connectivity index (χ2v) is 26.4. The molecule has 8 heteroatoms. The van der Waals surface area contributed by atoms with E-state index in [1.165, 1.54) is 54.9 Å². The number of benzene rings is 4. The van der Waals surface area contributed by atoms with Gasteiger partial charge in [0.05, 0.1) is 0 Å². The minimum Gasteiger partial charge on any atom is -0.165 e. The number of nitrogens with one attached hydrogen (secondary N) is 2. The molecule has 0 atom stereocenters.